The molecule has 1 fully saturated rings. The average Bonchev–Trinajstić information content (AvgIpc) is 2.29. The maximum absolute atomic E-state index is 10.9. The van der Waals surface area contributed by atoms with Crippen molar-refractivity contribution in [2.24, 2.45) is 5.73 Å². The van der Waals surface area contributed by atoms with E-state index in [0.29, 0.717) is 17.4 Å². The lowest BCUT2D eigenvalue weighted by molar-refractivity contribution is 0.100. The van der Waals surface area contributed by atoms with Crippen LogP contribution in [0.2, 0.25) is 0 Å². The van der Waals surface area contributed by atoms with Gasteiger partial charge in [-0.3, -0.25) is 4.79 Å². The average molecular weight is 180 g/mol. The summed E-state index contributed by atoms with van der Waals surface area (Å²) in [5.41, 5.74) is 11.2. The molecule has 0 aromatic carbocycles. The van der Waals surface area contributed by atoms with Crippen molar-refractivity contribution >= 4 is 11.7 Å². The molecule has 1 aliphatic carbocycles. The molecule has 0 atom stereocenters. The molecule has 1 aromatic rings. The molecule has 2 rings (SSSR count). The topological polar surface area (TPSA) is 86.9 Å². The monoisotopic (exact) mass is 180 g/mol. The lowest BCUT2D eigenvalue weighted by Gasteiger charge is -2.26. The standard InChI is InChI=1S/C8H12N4O/c9-7-6(8(10)13)4-11-12(7)5-2-1-3-5/h4-5H,1-3,9H2,(H2,10,13). The molecule has 1 aromatic heterocycles. The minimum Gasteiger partial charge on any atom is -0.383 e. The fraction of sp³-hybridized carbons (Fsp3) is 0.500. The van der Waals surface area contributed by atoms with Gasteiger partial charge in [0.15, 0.2) is 0 Å². The number of nitrogens with two attached hydrogens (primary N) is 2. The molecule has 1 heterocycles. The largest absolute Gasteiger partial charge is 0.383 e. The lowest BCUT2D eigenvalue weighted by Crippen LogP contribution is -2.21. The number of anilines is 1. The quantitative estimate of drug-likeness (QED) is 0.685. The van der Waals surface area contributed by atoms with Gasteiger partial charge in [0, 0.05) is 0 Å². The first-order valence-electron chi connectivity index (χ1n) is 4.33. The molecule has 0 unspecified atom stereocenters. The molecule has 0 bridgehead atoms. The molecule has 13 heavy (non-hydrogen) atoms. The molecule has 5 nitrogen and oxygen atoms in total. The molecule has 4 N–H and O–H groups in total. The number of carbonyl (C=O) groups is 1. The Labute approximate surface area is 75.7 Å². The number of hydrogen-bond acceptors (Lipinski definition) is 3. The van der Waals surface area contributed by atoms with Crippen LogP contribution in [0.25, 0.3) is 0 Å². The Bertz CT molecular complexity index is 340. The van der Waals surface area contributed by atoms with Crippen LogP contribution in [0.15, 0.2) is 6.20 Å². The molecule has 0 radical (unpaired) electrons. The summed E-state index contributed by atoms with van der Waals surface area (Å²) in [6.07, 6.45) is 4.82. The first kappa shape index (κ1) is 8.10. The summed E-state index contributed by atoms with van der Waals surface area (Å²) in [6, 6.07) is 0.369. The molecule has 0 spiro atoms. The fourth-order valence-corrected chi connectivity index (χ4v) is 1.48. The fourth-order valence-electron chi connectivity index (χ4n) is 1.48. The Hall–Kier alpha value is -1.52. The molecule has 5 heteroatoms. The van der Waals surface area contributed by atoms with Crippen LogP contribution in [0.5, 0.6) is 0 Å². The number of rotatable bonds is 2. The zero-order valence-corrected chi connectivity index (χ0v) is 7.23. The van der Waals surface area contributed by atoms with E-state index in [1.165, 1.54) is 12.6 Å². The van der Waals surface area contributed by atoms with Crippen molar-refractivity contribution in [2.75, 3.05) is 5.73 Å². The minimum atomic E-state index is -0.511. The molecular weight excluding hydrogens is 168 g/mol. The Balaban J connectivity index is 2.32. The van der Waals surface area contributed by atoms with E-state index in [1.54, 1.807) is 4.68 Å². The molecule has 70 valence electrons. The van der Waals surface area contributed by atoms with Crippen molar-refractivity contribution in [3.8, 4) is 0 Å². The van der Waals surface area contributed by atoms with Crippen molar-refractivity contribution < 1.29 is 4.79 Å². The molecule has 0 aliphatic heterocycles. The van der Waals surface area contributed by atoms with Crippen molar-refractivity contribution in [2.45, 2.75) is 25.3 Å². The van der Waals surface area contributed by atoms with E-state index in [9.17, 15) is 4.79 Å². The Morgan fingerprint density at radius 2 is 2.31 bits per heavy atom. The van der Waals surface area contributed by atoms with Gasteiger partial charge in [-0.05, 0) is 19.3 Å². The molecule has 1 saturated carbocycles. The van der Waals surface area contributed by atoms with Gasteiger partial charge in [0.25, 0.3) is 5.91 Å². The second-order valence-corrected chi connectivity index (χ2v) is 3.34. The third-order valence-electron chi connectivity index (χ3n) is 2.52. The summed E-state index contributed by atoms with van der Waals surface area (Å²) in [7, 11) is 0. The summed E-state index contributed by atoms with van der Waals surface area (Å²) in [4.78, 5) is 10.9. The molecule has 0 saturated heterocycles. The Kier molecular flexibility index (Phi) is 1.72. The summed E-state index contributed by atoms with van der Waals surface area (Å²) in [5, 5.41) is 4.05. The number of nitrogen functional groups attached to an aromatic ring is 1. The van der Waals surface area contributed by atoms with Gasteiger partial charge in [-0.2, -0.15) is 5.10 Å². The van der Waals surface area contributed by atoms with Gasteiger partial charge >= 0.3 is 0 Å². The van der Waals surface area contributed by atoms with Crippen molar-refractivity contribution in [1.29, 1.82) is 0 Å². The summed E-state index contributed by atoms with van der Waals surface area (Å²) >= 11 is 0. The first-order valence-corrected chi connectivity index (χ1v) is 4.33. The van der Waals surface area contributed by atoms with Gasteiger partial charge in [0.1, 0.15) is 11.4 Å². The Morgan fingerprint density at radius 3 is 2.69 bits per heavy atom. The zero-order chi connectivity index (χ0) is 9.42. The second kappa shape index (κ2) is 2.76. The van der Waals surface area contributed by atoms with Crippen LogP contribution in [0.1, 0.15) is 35.7 Å². The maximum Gasteiger partial charge on any atom is 0.254 e. The molecular formula is C8H12N4O. The molecule has 1 amide bonds. The van der Waals surface area contributed by atoms with E-state index in [0.717, 1.165) is 12.8 Å². The number of nitrogens with zero attached hydrogens (tertiary/aromatic N) is 2. The van der Waals surface area contributed by atoms with Gasteiger partial charge < -0.3 is 11.5 Å². The molecule has 1 aliphatic rings. The van der Waals surface area contributed by atoms with Crippen LogP contribution in [0.3, 0.4) is 0 Å². The van der Waals surface area contributed by atoms with Crippen molar-refractivity contribution in [3.05, 3.63) is 11.8 Å². The number of carbonyl (C=O) groups excluding carboxylic acids is 1. The van der Waals surface area contributed by atoms with Crippen LogP contribution in [-0.2, 0) is 0 Å². The highest BCUT2D eigenvalue weighted by Gasteiger charge is 2.24. The number of hydrogen-bond donors (Lipinski definition) is 2. The number of primary amides is 1. The van der Waals surface area contributed by atoms with Gasteiger partial charge in [0.2, 0.25) is 0 Å². The first-order chi connectivity index (χ1) is 6.20. The van der Waals surface area contributed by atoms with E-state index in [2.05, 4.69) is 5.10 Å². The van der Waals surface area contributed by atoms with Crippen LogP contribution in [0, 0.1) is 0 Å². The lowest BCUT2D eigenvalue weighted by atomic mass is 9.93. The van der Waals surface area contributed by atoms with Crippen LogP contribution >= 0.6 is 0 Å². The third-order valence-corrected chi connectivity index (χ3v) is 2.52. The zero-order valence-electron chi connectivity index (χ0n) is 7.23. The summed E-state index contributed by atoms with van der Waals surface area (Å²) < 4.78 is 1.70. The predicted molar refractivity (Wildman–Crippen MR) is 48.0 cm³/mol. The minimum absolute atomic E-state index is 0.326. The van der Waals surface area contributed by atoms with Crippen molar-refractivity contribution in [3.63, 3.8) is 0 Å². The van der Waals surface area contributed by atoms with Crippen LogP contribution < -0.4 is 11.5 Å². The smallest absolute Gasteiger partial charge is 0.254 e. The van der Waals surface area contributed by atoms with E-state index in [4.69, 9.17) is 11.5 Å². The van der Waals surface area contributed by atoms with Gasteiger partial charge in [0.05, 0.1) is 12.2 Å². The predicted octanol–water partition coefficient (Wildman–Crippen LogP) is 0.289. The maximum atomic E-state index is 10.9. The third kappa shape index (κ3) is 1.16. The van der Waals surface area contributed by atoms with Gasteiger partial charge in [-0.15, -0.1) is 0 Å². The highest BCUT2D eigenvalue weighted by Crippen LogP contribution is 2.33. The van der Waals surface area contributed by atoms with E-state index in [-0.39, 0.29) is 0 Å². The van der Waals surface area contributed by atoms with E-state index < -0.39 is 5.91 Å². The van der Waals surface area contributed by atoms with Crippen LogP contribution in [-0.4, -0.2) is 15.7 Å². The highest BCUT2D eigenvalue weighted by molar-refractivity contribution is 5.96. The highest BCUT2D eigenvalue weighted by atomic mass is 16.1. The summed E-state index contributed by atoms with van der Waals surface area (Å²) in [5.74, 6) is -0.111. The van der Waals surface area contributed by atoms with E-state index in [1.807, 2.05) is 0 Å². The van der Waals surface area contributed by atoms with Crippen LogP contribution in [0.4, 0.5) is 5.82 Å². The number of aromatic nitrogens is 2. The second-order valence-electron chi connectivity index (χ2n) is 3.34. The normalized spacial score (nSPS) is 16.9. The van der Waals surface area contributed by atoms with Crippen molar-refractivity contribution in [1.82, 2.24) is 9.78 Å². The van der Waals surface area contributed by atoms with Gasteiger partial charge in [-0.25, -0.2) is 4.68 Å². The van der Waals surface area contributed by atoms with Gasteiger partial charge in [-0.1, -0.05) is 0 Å². The SMILES string of the molecule is NC(=O)c1cnn(C2CCC2)c1N. The Morgan fingerprint density at radius 1 is 1.62 bits per heavy atom. The summed E-state index contributed by atoms with van der Waals surface area (Å²) in [6.45, 7) is 0. The number of amides is 1. The van der Waals surface area contributed by atoms with E-state index >= 15 is 0 Å².